The van der Waals surface area contributed by atoms with Crippen molar-refractivity contribution in [2.24, 2.45) is 0 Å². The lowest BCUT2D eigenvalue weighted by molar-refractivity contribution is 0.158. The molecule has 2 aromatic rings. The Labute approximate surface area is 125 Å². The van der Waals surface area contributed by atoms with Crippen LogP contribution in [0.1, 0.15) is 36.2 Å². The monoisotopic (exact) mass is 289 g/mol. The van der Waals surface area contributed by atoms with Gasteiger partial charge in [-0.2, -0.15) is 4.98 Å². The van der Waals surface area contributed by atoms with Crippen molar-refractivity contribution in [3.63, 3.8) is 0 Å². The van der Waals surface area contributed by atoms with Gasteiger partial charge in [-0.05, 0) is 38.4 Å². The molecule has 0 radical (unpaired) electrons. The van der Waals surface area contributed by atoms with Gasteiger partial charge in [0.15, 0.2) is 5.82 Å². The highest BCUT2D eigenvalue weighted by Crippen LogP contribution is 2.12. The van der Waals surface area contributed by atoms with Crippen LogP contribution in [0, 0.1) is 6.92 Å². The minimum atomic E-state index is -0.285. The first kappa shape index (κ1) is 15.7. The summed E-state index contributed by atoms with van der Waals surface area (Å²) < 4.78 is 5.29. The summed E-state index contributed by atoms with van der Waals surface area (Å²) in [6.45, 7) is 5.28. The summed E-state index contributed by atoms with van der Waals surface area (Å²) in [6, 6.07) is 8.21. The number of aliphatic hydroxyl groups excluding tert-OH is 1. The van der Waals surface area contributed by atoms with Gasteiger partial charge in [0, 0.05) is 13.0 Å². The summed E-state index contributed by atoms with van der Waals surface area (Å²) >= 11 is 0. The predicted molar refractivity (Wildman–Crippen MR) is 80.9 cm³/mol. The summed E-state index contributed by atoms with van der Waals surface area (Å²) in [5, 5.41) is 13.3. The van der Waals surface area contributed by atoms with Gasteiger partial charge in [0.1, 0.15) is 0 Å². The molecule has 5 nitrogen and oxygen atoms in total. The van der Waals surface area contributed by atoms with Crippen LogP contribution in [0.3, 0.4) is 0 Å². The highest BCUT2D eigenvalue weighted by molar-refractivity contribution is 5.27. The van der Waals surface area contributed by atoms with Gasteiger partial charge in [-0.1, -0.05) is 29.4 Å². The molecular weight excluding hydrogens is 266 g/mol. The molecule has 0 spiro atoms. The molecule has 0 aliphatic rings. The Morgan fingerprint density at radius 2 is 2.10 bits per heavy atom. The van der Waals surface area contributed by atoms with Crippen LogP contribution in [-0.2, 0) is 13.0 Å². The number of nitrogens with zero attached hydrogens (tertiary/aromatic N) is 3. The third-order valence-electron chi connectivity index (χ3n) is 3.45. The van der Waals surface area contributed by atoms with Gasteiger partial charge in [0.05, 0.1) is 12.6 Å². The average molecular weight is 289 g/mol. The Kier molecular flexibility index (Phi) is 5.47. The number of hydrogen-bond donors (Lipinski definition) is 1. The molecule has 1 unspecified atom stereocenters. The largest absolute Gasteiger partial charge is 0.393 e. The summed E-state index contributed by atoms with van der Waals surface area (Å²) in [5.74, 6) is 1.33. The molecule has 1 aromatic heterocycles. The molecule has 0 amide bonds. The first-order chi connectivity index (χ1) is 10.0. The van der Waals surface area contributed by atoms with E-state index >= 15 is 0 Å². The van der Waals surface area contributed by atoms with Gasteiger partial charge in [-0.25, -0.2) is 0 Å². The van der Waals surface area contributed by atoms with Gasteiger partial charge >= 0.3 is 0 Å². The van der Waals surface area contributed by atoms with Crippen molar-refractivity contribution < 1.29 is 9.63 Å². The third-order valence-corrected chi connectivity index (χ3v) is 3.45. The van der Waals surface area contributed by atoms with Crippen LogP contribution in [0.15, 0.2) is 28.8 Å². The molecule has 0 saturated heterocycles. The van der Waals surface area contributed by atoms with E-state index in [1.54, 1.807) is 6.92 Å². The van der Waals surface area contributed by atoms with E-state index in [2.05, 4.69) is 34.1 Å². The van der Waals surface area contributed by atoms with Gasteiger partial charge < -0.3 is 9.63 Å². The molecule has 1 heterocycles. The molecule has 114 valence electrons. The number of benzene rings is 1. The zero-order valence-corrected chi connectivity index (χ0v) is 12.9. The molecule has 0 saturated carbocycles. The Hall–Kier alpha value is -1.72. The van der Waals surface area contributed by atoms with Crippen molar-refractivity contribution in [2.75, 3.05) is 13.6 Å². The molecular formula is C16H23N3O2. The van der Waals surface area contributed by atoms with Crippen LogP contribution in [0.2, 0.25) is 0 Å². The zero-order valence-electron chi connectivity index (χ0n) is 12.9. The maximum atomic E-state index is 9.28. The standard InChI is InChI=1S/C16H23N3O2/c1-12-6-4-5-7-14(12)10-15-17-16(21-18-15)11-19(3)9-8-13(2)20/h4-7,13,20H,8-11H2,1-3H3. The summed E-state index contributed by atoms with van der Waals surface area (Å²) in [5.41, 5.74) is 2.45. The first-order valence-corrected chi connectivity index (χ1v) is 7.27. The van der Waals surface area contributed by atoms with Crippen molar-refractivity contribution in [3.05, 3.63) is 47.1 Å². The van der Waals surface area contributed by atoms with Crippen LogP contribution in [0.25, 0.3) is 0 Å². The summed E-state index contributed by atoms with van der Waals surface area (Å²) in [4.78, 5) is 6.50. The molecule has 1 atom stereocenters. The quantitative estimate of drug-likeness (QED) is 0.846. The van der Waals surface area contributed by atoms with Crippen molar-refractivity contribution >= 4 is 0 Å². The Balaban J connectivity index is 1.91. The Morgan fingerprint density at radius 3 is 2.81 bits per heavy atom. The van der Waals surface area contributed by atoms with Crippen LogP contribution < -0.4 is 0 Å². The number of aryl methyl sites for hydroxylation is 1. The van der Waals surface area contributed by atoms with Crippen molar-refractivity contribution in [1.29, 1.82) is 0 Å². The fourth-order valence-electron chi connectivity index (χ4n) is 2.12. The molecule has 1 aromatic carbocycles. The van der Waals surface area contributed by atoms with E-state index in [1.807, 2.05) is 19.2 Å². The van der Waals surface area contributed by atoms with Crippen molar-refractivity contribution in [1.82, 2.24) is 15.0 Å². The van der Waals surface area contributed by atoms with E-state index in [9.17, 15) is 5.11 Å². The normalized spacial score (nSPS) is 12.8. The SMILES string of the molecule is Cc1ccccc1Cc1noc(CN(C)CCC(C)O)n1. The minimum Gasteiger partial charge on any atom is -0.393 e. The van der Waals surface area contributed by atoms with Crippen LogP contribution in [0.5, 0.6) is 0 Å². The molecule has 0 aliphatic carbocycles. The van der Waals surface area contributed by atoms with Crippen LogP contribution in [-0.4, -0.2) is 39.8 Å². The fraction of sp³-hybridized carbons (Fsp3) is 0.500. The van der Waals surface area contributed by atoms with Crippen LogP contribution >= 0.6 is 0 Å². The number of aromatic nitrogens is 2. The lowest BCUT2D eigenvalue weighted by atomic mass is 10.1. The third kappa shape index (κ3) is 4.95. The van der Waals surface area contributed by atoms with Gasteiger partial charge in [0.2, 0.25) is 5.89 Å². The summed E-state index contributed by atoms with van der Waals surface area (Å²) in [7, 11) is 1.98. The van der Waals surface area contributed by atoms with Crippen molar-refractivity contribution in [2.45, 2.75) is 39.3 Å². The molecule has 0 fully saturated rings. The number of aliphatic hydroxyl groups is 1. The Bertz CT molecular complexity index is 566. The van der Waals surface area contributed by atoms with Gasteiger partial charge in [-0.3, -0.25) is 4.90 Å². The number of rotatable bonds is 7. The summed E-state index contributed by atoms with van der Waals surface area (Å²) in [6.07, 6.45) is 1.14. The predicted octanol–water partition coefficient (Wildman–Crippen LogP) is 2.17. The molecule has 21 heavy (non-hydrogen) atoms. The highest BCUT2D eigenvalue weighted by atomic mass is 16.5. The second-order valence-electron chi connectivity index (χ2n) is 5.58. The lowest BCUT2D eigenvalue weighted by Gasteiger charge is -2.14. The van der Waals surface area contributed by atoms with E-state index in [1.165, 1.54) is 11.1 Å². The fourth-order valence-corrected chi connectivity index (χ4v) is 2.12. The van der Waals surface area contributed by atoms with Gasteiger partial charge in [-0.15, -0.1) is 0 Å². The van der Waals surface area contributed by atoms with E-state index in [0.717, 1.165) is 13.0 Å². The molecule has 0 aliphatic heterocycles. The molecule has 0 bridgehead atoms. The maximum absolute atomic E-state index is 9.28. The topological polar surface area (TPSA) is 62.4 Å². The van der Waals surface area contributed by atoms with E-state index in [4.69, 9.17) is 4.52 Å². The van der Waals surface area contributed by atoms with Gasteiger partial charge in [0.25, 0.3) is 0 Å². The number of hydrogen-bond acceptors (Lipinski definition) is 5. The highest BCUT2D eigenvalue weighted by Gasteiger charge is 2.11. The second kappa shape index (κ2) is 7.33. The molecule has 5 heteroatoms. The average Bonchev–Trinajstić information content (AvgIpc) is 2.86. The maximum Gasteiger partial charge on any atom is 0.240 e. The molecule has 2 rings (SSSR count). The second-order valence-corrected chi connectivity index (χ2v) is 5.58. The smallest absolute Gasteiger partial charge is 0.240 e. The van der Waals surface area contributed by atoms with E-state index in [0.29, 0.717) is 24.7 Å². The van der Waals surface area contributed by atoms with E-state index < -0.39 is 0 Å². The molecule has 1 N–H and O–H groups in total. The van der Waals surface area contributed by atoms with E-state index in [-0.39, 0.29) is 6.10 Å². The minimum absolute atomic E-state index is 0.285. The lowest BCUT2D eigenvalue weighted by Crippen LogP contribution is -2.22. The van der Waals surface area contributed by atoms with Crippen molar-refractivity contribution in [3.8, 4) is 0 Å². The Morgan fingerprint density at radius 1 is 1.33 bits per heavy atom. The first-order valence-electron chi connectivity index (χ1n) is 7.27. The van der Waals surface area contributed by atoms with Crippen LogP contribution in [0.4, 0.5) is 0 Å². The zero-order chi connectivity index (χ0) is 15.2.